The number of aliphatic hydroxyl groups is 1. The van der Waals surface area contributed by atoms with Gasteiger partial charge in [0.25, 0.3) is 0 Å². The molecule has 2 heterocycles. The van der Waals surface area contributed by atoms with Crippen LogP contribution in [0.3, 0.4) is 0 Å². The third-order valence-electron chi connectivity index (χ3n) is 2.75. The van der Waals surface area contributed by atoms with Crippen molar-refractivity contribution in [1.29, 1.82) is 0 Å². The van der Waals surface area contributed by atoms with Crippen molar-refractivity contribution in [3.8, 4) is 0 Å². The Morgan fingerprint density at radius 3 is 3.14 bits per heavy atom. The standard InChI is InChI=1S/C10H17N3O/c1-2-13-6-4-11-10(13)8-12-5-3-9(14)7-12/h4,6,9,14H,2-3,5,7-8H2,1H3/t9-/m1/s1. The first-order chi connectivity index (χ1) is 6.79. The van der Waals surface area contributed by atoms with Crippen molar-refractivity contribution in [1.82, 2.24) is 14.5 Å². The molecule has 0 saturated carbocycles. The molecule has 4 heteroatoms. The number of aryl methyl sites for hydroxylation is 1. The zero-order chi connectivity index (χ0) is 9.97. The third-order valence-corrected chi connectivity index (χ3v) is 2.75. The molecule has 1 saturated heterocycles. The van der Waals surface area contributed by atoms with Crippen LogP contribution in [0.15, 0.2) is 12.4 Å². The van der Waals surface area contributed by atoms with Crippen molar-refractivity contribution in [3.63, 3.8) is 0 Å². The van der Waals surface area contributed by atoms with Gasteiger partial charge in [0.2, 0.25) is 0 Å². The van der Waals surface area contributed by atoms with Crippen LogP contribution in [0.5, 0.6) is 0 Å². The number of nitrogens with zero attached hydrogens (tertiary/aromatic N) is 3. The fourth-order valence-corrected chi connectivity index (χ4v) is 1.94. The van der Waals surface area contributed by atoms with Gasteiger partial charge in [-0.05, 0) is 13.3 Å². The topological polar surface area (TPSA) is 41.3 Å². The van der Waals surface area contributed by atoms with E-state index in [-0.39, 0.29) is 6.10 Å². The van der Waals surface area contributed by atoms with Gasteiger partial charge < -0.3 is 9.67 Å². The molecule has 14 heavy (non-hydrogen) atoms. The van der Waals surface area contributed by atoms with Gasteiger partial charge in [-0.2, -0.15) is 0 Å². The fourth-order valence-electron chi connectivity index (χ4n) is 1.94. The van der Waals surface area contributed by atoms with Crippen molar-refractivity contribution in [2.75, 3.05) is 13.1 Å². The van der Waals surface area contributed by atoms with Crippen LogP contribution < -0.4 is 0 Å². The summed E-state index contributed by atoms with van der Waals surface area (Å²) in [5.74, 6) is 1.10. The zero-order valence-electron chi connectivity index (χ0n) is 8.56. The Kier molecular flexibility index (Phi) is 2.84. The molecule has 78 valence electrons. The van der Waals surface area contributed by atoms with Crippen LogP contribution >= 0.6 is 0 Å². The van der Waals surface area contributed by atoms with Gasteiger partial charge in [-0.1, -0.05) is 0 Å². The van der Waals surface area contributed by atoms with Gasteiger partial charge in [0.1, 0.15) is 5.82 Å². The van der Waals surface area contributed by atoms with Crippen LogP contribution in [0.25, 0.3) is 0 Å². The number of imidazole rings is 1. The van der Waals surface area contributed by atoms with Gasteiger partial charge in [-0.3, -0.25) is 4.90 Å². The summed E-state index contributed by atoms with van der Waals surface area (Å²) in [4.78, 5) is 6.56. The van der Waals surface area contributed by atoms with Gasteiger partial charge in [-0.25, -0.2) is 4.98 Å². The van der Waals surface area contributed by atoms with E-state index in [2.05, 4.69) is 21.4 Å². The summed E-state index contributed by atoms with van der Waals surface area (Å²) >= 11 is 0. The fraction of sp³-hybridized carbons (Fsp3) is 0.700. The number of hydrogen-bond donors (Lipinski definition) is 1. The van der Waals surface area contributed by atoms with E-state index in [0.29, 0.717) is 0 Å². The Morgan fingerprint density at radius 1 is 1.64 bits per heavy atom. The summed E-state index contributed by atoms with van der Waals surface area (Å²) in [6, 6.07) is 0. The Balaban J connectivity index is 1.97. The second-order valence-electron chi connectivity index (χ2n) is 3.81. The van der Waals surface area contributed by atoms with E-state index in [1.165, 1.54) is 0 Å². The molecule has 1 aromatic heterocycles. The lowest BCUT2D eigenvalue weighted by molar-refractivity contribution is 0.173. The minimum absolute atomic E-state index is 0.139. The van der Waals surface area contributed by atoms with Crippen molar-refractivity contribution in [2.45, 2.75) is 32.5 Å². The van der Waals surface area contributed by atoms with E-state index in [0.717, 1.165) is 38.4 Å². The molecule has 1 atom stereocenters. The number of aromatic nitrogens is 2. The van der Waals surface area contributed by atoms with Gasteiger partial charge in [-0.15, -0.1) is 0 Å². The molecule has 0 aromatic carbocycles. The highest BCUT2D eigenvalue weighted by atomic mass is 16.3. The number of β-amino-alcohol motifs (C(OH)–C–C–N with tert-alkyl or cyclic N) is 1. The van der Waals surface area contributed by atoms with E-state index < -0.39 is 0 Å². The van der Waals surface area contributed by atoms with Gasteiger partial charge in [0, 0.05) is 32.0 Å². The Morgan fingerprint density at radius 2 is 2.50 bits per heavy atom. The Hall–Kier alpha value is -0.870. The third kappa shape index (κ3) is 1.96. The lowest BCUT2D eigenvalue weighted by Crippen LogP contribution is -2.23. The van der Waals surface area contributed by atoms with Crippen molar-refractivity contribution >= 4 is 0 Å². The predicted molar refractivity (Wildman–Crippen MR) is 53.8 cm³/mol. The molecule has 0 aliphatic carbocycles. The molecule has 1 aliphatic heterocycles. The van der Waals surface area contributed by atoms with Gasteiger partial charge >= 0.3 is 0 Å². The predicted octanol–water partition coefficient (Wildman–Crippen LogP) is 0.470. The second kappa shape index (κ2) is 4.11. The maximum atomic E-state index is 9.39. The highest BCUT2D eigenvalue weighted by Gasteiger charge is 2.21. The molecule has 0 unspecified atom stereocenters. The zero-order valence-corrected chi connectivity index (χ0v) is 8.56. The molecular weight excluding hydrogens is 178 g/mol. The summed E-state index contributed by atoms with van der Waals surface area (Å²) < 4.78 is 2.14. The first-order valence-corrected chi connectivity index (χ1v) is 5.20. The maximum Gasteiger partial charge on any atom is 0.122 e. The minimum atomic E-state index is -0.139. The second-order valence-corrected chi connectivity index (χ2v) is 3.81. The molecule has 2 rings (SSSR count). The Labute approximate surface area is 84.2 Å². The average Bonchev–Trinajstić information content (AvgIpc) is 2.76. The Bertz CT molecular complexity index is 297. The van der Waals surface area contributed by atoms with Crippen LogP contribution in [0.1, 0.15) is 19.2 Å². The molecule has 0 radical (unpaired) electrons. The summed E-state index contributed by atoms with van der Waals surface area (Å²) in [6.45, 7) is 5.71. The van der Waals surface area contributed by atoms with Crippen LogP contribution in [0.4, 0.5) is 0 Å². The quantitative estimate of drug-likeness (QED) is 0.762. The van der Waals surface area contributed by atoms with Crippen LogP contribution in [-0.4, -0.2) is 38.8 Å². The lowest BCUT2D eigenvalue weighted by Gasteiger charge is -2.14. The number of likely N-dealkylation sites (tertiary alicyclic amines) is 1. The van der Waals surface area contributed by atoms with E-state index in [9.17, 15) is 5.11 Å². The molecule has 1 aliphatic rings. The molecule has 1 fully saturated rings. The van der Waals surface area contributed by atoms with E-state index in [1.807, 2.05) is 12.4 Å². The van der Waals surface area contributed by atoms with E-state index in [1.54, 1.807) is 0 Å². The molecule has 0 spiro atoms. The van der Waals surface area contributed by atoms with Crippen molar-refractivity contribution in [2.24, 2.45) is 0 Å². The molecular formula is C10H17N3O. The summed E-state index contributed by atoms with van der Waals surface area (Å²) in [7, 11) is 0. The highest BCUT2D eigenvalue weighted by molar-refractivity contribution is 4.93. The molecule has 4 nitrogen and oxygen atoms in total. The van der Waals surface area contributed by atoms with Crippen LogP contribution in [-0.2, 0) is 13.1 Å². The van der Waals surface area contributed by atoms with E-state index >= 15 is 0 Å². The summed E-state index contributed by atoms with van der Waals surface area (Å²) in [6.07, 6.45) is 4.60. The molecule has 0 bridgehead atoms. The van der Waals surface area contributed by atoms with E-state index in [4.69, 9.17) is 0 Å². The van der Waals surface area contributed by atoms with Crippen molar-refractivity contribution in [3.05, 3.63) is 18.2 Å². The first-order valence-electron chi connectivity index (χ1n) is 5.20. The average molecular weight is 195 g/mol. The SMILES string of the molecule is CCn1ccnc1CN1CC[C@@H](O)C1. The maximum absolute atomic E-state index is 9.39. The molecule has 1 N–H and O–H groups in total. The molecule has 1 aromatic rings. The monoisotopic (exact) mass is 195 g/mol. The highest BCUT2D eigenvalue weighted by Crippen LogP contribution is 2.12. The smallest absolute Gasteiger partial charge is 0.122 e. The number of hydrogen-bond acceptors (Lipinski definition) is 3. The van der Waals surface area contributed by atoms with Gasteiger partial charge in [0.15, 0.2) is 0 Å². The number of aliphatic hydroxyl groups excluding tert-OH is 1. The van der Waals surface area contributed by atoms with Crippen LogP contribution in [0.2, 0.25) is 0 Å². The molecule has 0 amide bonds. The van der Waals surface area contributed by atoms with Gasteiger partial charge in [0.05, 0.1) is 12.6 Å². The van der Waals surface area contributed by atoms with Crippen molar-refractivity contribution < 1.29 is 5.11 Å². The van der Waals surface area contributed by atoms with Crippen LogP contribution in [0, 0.1) is 0 Å². The summed E-state index contributed by atoms with van der Waals surface area (Å²) in [5.41, 5.74) is 0. The number of rotatable bonds is 3. The summed E-state index contributed by atoms with van der Waals surface area (Å²) in [5, 5.41) is 9.39. The first kappa shape index (κ1) is 9.68. The largest absolute Gasteiger partial charge is 0.392 e. The lowest BCUT2D eigenvalue weighted by atomic mass is 10.3. The minimum Gasteiger partial charge on any atom is -0.392 e. The normalized spacial score (nSPS) is 23.1.